The van der Waals surface area contributed by atoms with Gasteiger partial charge < -0.3 is 10.2 Å². The third-order valence-corrected chi connectivity index (χ3v) is 7.39. The zero-order valence-corrected chi connectivity index (χ0v) is 17.2. The van der Waals surface area contributed by atoms with E-state index >= 15 is 0 Å². The van der Waals surface area contributed by atoms with Gasteiger partial charge in [0.05, 0.1) is 5.56 Å². The van der Waals surface area contributed by atoms with E-state index in [0.717, 1.165) is 4.31 Å². The zero-order valence-electron chi connectivity index (χ0n) is 15.6. The van der Waals surface area contributed by atoms with Gasteiger partial charge >= 0.3 is 0 Å². The number of sulfonamides is 1. The molecule has 1 amide bonds. The Morgan fingerprint density at radius 1 is 1.13 bits per heavy atom. The summed E-state index contributed by atoms with van der Waals surface area (Å²) in [5.41, 5.74) is 0.386. The molecular formula is C18H17F3N4O3S2. The van der Waals surface area contributed by atoms with Gasteiger partial charge in [0.1, 0.15) is 16.0 Å². The molecule has 3 rings (SSSR count). The van der Waals surface area contributed by atoms with Crippen molar-refractivity contribution in [3.8, 4) is 6.07 Å². The number of thiophene rings is 1. The van der Waals surface area contributed by atoms with Gasteiger partial charge in [-0.15, -0.1) is 11.3 Å². The van der Waals surface area contributed by atoms with Gasteiger partial charge in [-0.1, -0.05) is 0 Å². The lowest BCUT2D eigenvalue weighted by atomic mass is 10.3. The van der Waals surface area contributed by atoms with Gasteiger partial charge in [0, 0.05) is 39.1 Å². The first-order chi connectivity index (χ1) is 14.2. The number of nitriles is 1. The highest BCUT2D eigenvalue weighted by Gasteiger charge is 2.32. The van der Waals surface area contributed by atoms with E-state index in [1.165, 1.54) is 11.3 Å². The minimum absolute atomic E-state index is 0.0197. The van der Waals surface area contributed by atoms with E-state index in [-0.39, 0.29) is 25.4 Å². The monoisotopic (exact) mass is 458 g/mol. The van der Waals surface area contributed by atoms with E-state index in [4.69, 9.17) is 5.26 Å². The van der Waals surface area contributed by atoms with Gasteiger partial charge in [-0.05, 0) is 23.6 Å². The van der Waals surface area contributed by atoms with E-state index in [0.29, 0.717) is 42.3 Å². The number of nitrogens with zero attached hydrogens (tertiary/aromatic N) is 3. The average Bonchev–Trinajstić information content (AvgIpc) is 3.17. The van der Waals surface area contributed by atoms with Crippen molar-refractivity contribution in [3.63, 3.8) is 0 Å². The third-order valence-electron chi connectivity index (χ3n) is 4.64. The normalized spacial score (nSPS) is 15.7. The Kier molecular flexibility index (Phi) is 6.77. The number of rotatable bonds is 6. The molecule has 2 heterocycles. The second kappa shape index (κ2) is 9.13. The van der Waals surface area contributed by atoms with E-state index in [1.54, 1.807) is 11.4 Å². The number of piperazine rings is 1. The van der Waals surface area contributed by atoms with Gasteiger partial charge in [-0.2, -0.15) is 9.57 Å². The Labute approximate surface area is 175 Å². The molecule has 0 saturated carbocycles. The predicted molar refractivity (Wildman–Crippen MR) is 104 cm³/mol. The predicted octanol–water partition coefficient (Wildman–Crippen LogP) is 2.37. The maximum Gasteiger partial charge on any atom is 0.246 e. The van der Waals surface area contributed by atoms with Crippen LogP contribution in [0.2, 0.25) is 0 Å². The molecule has 12 heteroatoms. The molecule has 0 atom stereocenters. The van der Waals surface area contributed by atoms with Crippen LogP contribution in [0.5, 0.6) is 0 Å². The summed E-state index contributed by atoms with van der Waals surface area (Å²) in [7, 11) is -4.31. The topological polar surface area (TPSA) is 93.5 Å². The molecule has 160 valence electrons. The number of hydrogen-bond donors (Lipinski definition) is 1. The van der Waals surface area contributed by atoms with Crippen molar-refractivity contribution in [1.29, 1.82) is 5.26 Å². The van der Waals surface area contributed by atoms with Gasteiger partial charge in [-0.25, -0.2) is 21.6 Å². The second-order valence-corrected chi connectivity index (χ2v) is 9.32. The molecule has 1 aromatic carbocycles. The fourth-order valence-electron chi connectivity index (χ4n) is 2.98. The van der Waals surface area contributed by atoms with Crippen LogP contribution >= 0.6 is 11.3 Å². The van der Waals surface area contributed by atoms with Crippen molar-refractivity contribution < 1.29 is 26.4 Å². The minimum Gasteiger partial charge on any atom is -0.317 e. The molecule has 30 heavy (non-hydrogen) atoms. The summed E-state index contributed by atoms with van der Waals surface area (Å²) in [5, 5.41) is 13.8. The van der Waals surface area contributed by atoms with Crippen LogP contribution in [0.1, 0.15) is 12.0 Å². The molecule has 1 aliphatic rings. The Balaban J connectivity index is 1.54. The van der Waals surface area contributed by atoms with Crippen LogP contribution in [-0.2, 0) is 14.8 Å². The average molecular weight is 458 g/mol. The molecule has 1 aromatic heterocycles. The SMILES string of the molecule is N#Cc1ccsc1NC(=O)CCN1CCN(S(=O)(=O)c2ccc(F)c(F)c2F)CC1. The number of nitrogens with one attached hydrogen (secondary N) is 1. The van der Waals surface area contributed by atoms with Crippen molar-refractivity contribution in [3.05, 3.63) is 46.6 Å². The van der Waals surface area contributed by atoms with E-state index in [2.05, 4.69) is 5.32 Å². The van der Waals surface area contributed by atoms with Crippen LogP contribution in [-0.4, -0.2) is 56.3 Å². The molecule has 7 nitrogen and oxygen atoms in total. The van der Waals surface area contributed by atoms with Gasteiger partial charge in [0.2, 0.25) is 15.9 Å². The Bertz CT molecular complexity index is 1090. The van der Waals surface area contributed by atoms with Crippen molar-refractivity contribution in [1.82, 2.24) is 9.21 Å². The molecule has 0 unspecified atom stereocenters. The van der Waals surface area contributed by atoms with Crippen molar-refractivity contribution in [2.45, 2.75) is 11.3 Å². The Morgan fingerprint density at radius 3 is 2.50 bits per heavy atom. The lowest BCUT2D eigenvalue weighted by Crippen LogP contribution is -2.49. The number of carbonyl (C=O) groups is 1. The lowest BCUT2D eigenvalue weighted by molar-refractivity contribution is -0.116. The summed E-state index contributed by atoms with van der Waals surface area (Å²) in [4.78, 5) is 13.0. The molecule has 1 aliphatic heterocycles. The quantitative estimate of drug-likeness (QED) is 0.671. The van der Waals surface area contributed by atoms with Crippen LogP contribution in [0.15, 0.2) is 28.5 Å². The summed E-state index contributed by atoms with van der Waals surface area (Å²) in [6.45, 7) is 0.991. The first kappa shape index (κ1) is 22.2. The molecule has 1 N–H and O–H groups in total. The van der Waals surface area contributed by atoms with Crippen molar-refractivity contribution in [2.24, 2.45) is 0 Å². The fraction of sp³-hybridized carbons (Fsp3) is 0.333. The minimum atomic E-state index is -4.31. The summed E-state index contributed by atoms with van der Waals surface area (Å²) < 4.78 is 66.5. The Morgan fingerprint density at radius 2 is 1.83 bits per heavy atom. The van der Waals surface area contributed by atoms with Crippen LogP contribution in [0.25, 0.3) is 0 Å². The van der Waals surface area contributed by atoms with E-state index < -0.39 is 32.4 Å². The highest BCUT2D eigenvalue weighted by Crippen LogP contribution is 2.24. The van der Waals surface area contributed by atoms with Gasteiger partial charge in [-0.3, -0.25) is 4.79 Å². The van der Waals surface area contributed by atoms with E-state index in [1.807, 2.05) is 11.0 Å². The largest absolute Gasteiger partial charge is 0.317 e. The number of anilines is 1. The molecule has 0 radical (unpaired) electrons. The summed E-state index contributed by atoms with van der Waals surface area (Å²) in [5.74, 6) is -5.29. The summed E-state index contributed by atoms with van der Waals surface area (Å²) in [6, 6.07) is 4.87. The molecule has 1 saturated heterocycles. The van der Waals surface area contributed by atoms with Crippen LogP contribution < -0.4 is 5.32 Å². The Hall–Kier alpha value is -2.46. The molecule has 0 spiro atoms. The first-order valence-corrected chi connectivity index (χ1v) is 11.2. The molecule has 2 aromatic rings. The zero-order chi connectivity index (χ0) is 21.9. The molecular weight excluding hydrogens is 441 g/mol. The molecule has 0 bridgehead atoms. The highest BCUT2D eigenvalue weighted by atomic mass is 32.2. The second-order valence-electron chi connectivity index (χ2n) is 6.49. The summed E-state index contributed by atoms with van der Waals surface area (Å²) >= 11 is 1.25. The number of halogens is 3. The van der Waals surface area contributed by atoms with Crippen molar-refractivity contribution >= 4 is 32.3 Å². The maximum absolute atomic E-state index is 13.9. The summed E-state index contributed by atoms with van der Waals surface area (Å²) in [6.07, 6.45) is 0.146. The highest BCUT2D eigenvalue weighted by molar-refractivity contribution is 7.89. The number of amides is 1. The molecule has 0 aliphatic carbocycles. The van der Waals surface area contributed by atoms with Gasteiger partial charge in [0.15, 0.2) is 17.5 Å². The smallest absolute Gasteiger partial charge is 0.246 e. The van der Waals surface area contributed by atoms with Crippen LogP contribution in [0, 0.1) is 28.8 Å². The number of hydrogen-bond acceptors (Lipinski definition) is 6. The molecule has 1 fully saturated rings. The van der Waals surface area contributed by atoms with Gasteiger partial charge in [0.25, 0.3) is 0 Å². The number of carbonyl (C=O) groups excluding carboxylic acids is 1. The standard InChI is InChI=1S/C18H17F3N4O3S2/c19-13-1-2-14(17(21)16(13)20)30(27,28)25-8-6-24(7-9-25)5-3-15(26)23-18-12(11-22)4-10-29-18/h1-2,4,10H,3,5-9H2,(H,23,26). The lowest BCUT2D eigenvalue weighted by Gasteiger charge is -2.33. The fourth-order valence-corrected chi connectivity index (χ4v) is 5.21. The van der Waals surface area contributed by atoms with Crippen LogP contribution in [0.4, 0.5) is 18.2 Å². The number of benzene rings is 1. The first-order valence-electron chi connectivity index (χ1n) is 8.87. The maximum atomic E-state index is 13.9. The van der Waals surface area contributed by atoms with E-state index in [9.17, 15) is 26.4 Å². The van der Waals surface area contributed by atoms with Crippen LogP contribution in [0.3, 0.4) is 0 Å². The third kappa shape index (κ3) is 4.65. The van der Waals surface area contributed by atoms with Crippen molar-refractivity contribution in [2.75, 3.05) is 38.0 Å².